The highest BCUT2D eigenvalue weighted by atomic mass is 16.7. The molecule has 172 valence electrons. The number of carbonyl (C=O) groups is 1. The molecule has 0 aliphatic carbocycles. The summed E-state index contributed by atoms with van der Waals surface area (Å²) in [5.74, 6) is 0.275. The van der Waals surface area contributed by atoms with Crippen molar-refractivity contribution in [1.29, 1.82) is 0 Å². The number of carbonyl (C=O) groups excluding carboxylic acids is 1. The van der Waals surface area contributed by atoms with E-state index >= 15 is 0 Å². The molecule has 0 bridgehead atoms. The number of rotatable bonds is 7. The molecule has 0 saturated carbocycles. The quantitative estimate of drug-likeness (QED) is 0.274. The minimum atomic E-state index is -1.58. The molecule has 31 heavy (non-hydrogen) atoms. The predicted octanol–water partition coefficient (Wildman–Crippen LogP) is -1.52. The molecule has 2 aliphatic heterocycles. The van der Waals surface area contributed by atoms with Gasteiger partial charge in [-0.3, -0.25) is 4.79 Å². The molecule has 0 spiro atoms. The molecule has 8 atom stereocenters. The molecule has 0 aromatic heterocycles. The summed E-state index contributed by atoms with van der Waals surface area (Å²) in [4.78, 5) is 11.1. The fraction of sp³-hybridized carbons (Fsp3) is 0.550. The standard InChI is InChI=1S/C20H27NO10/c1-10(24)21-11-2-4-12(5-3-11)28-16-7-6-13(14(8-22)29-16)30-20-19(27)18(26)17(25)15(9-23)31-20/h2-7,13-20,22-23,25-27H,8-9H2,1H3,(H,21,24)/t13-,14?,15?,16-,17+,18?,19+,20?/m0/s1. The number of aliphatic hydroxyl groups excluding tert-OH is 5. The van der Waals surface area contributed by atoms with Gasteiger partial charge in [-0.2, -0.15) is 0 Å². The molecule has 1 amide bonds. The molecular formula is C20H27NO10. The summed E-state index contributed by atoms with van der Waals surface area (Å²) in [5, 5.41) is 51.4. The maximum absolute atomic E-state index is 11.1. The maximum atomic E-state index is 11.1. The van der Waals surface area contributed by atoms with Crippen LogP contribution in [0.15, 0.2) is 36.4 Å². The van der Waals surface area contributed by atoms with E-state index in [0.717, 1.165) is 0 Å². The van der Waals surface area contributed by atoms with Crippen molar-refractivity contribution in [3.8, 4) is 5.75 Å². The van der Waals surface area contributed by atoms with Crippen LogP contribution in [-0.2, 0) is 19.0 Å². The lowest BCUT2D eigenvalue weighted by Gasteiger charge is -2.42. The van der Waals surface area contributed by atoms with E-state index in [9.17, 15) is 30.3 Å². The van der Waals surface area contributed by atoms with Crippen LogP contribution >= 0.6 is 0 Å². The highest BCUT2D eigenvalue weighted by Gasteiger charge is 2.45. The Labute approximate surface area is 178 Å². The number of nitrogens with one attached hydrogen (secondary N) is 1. The van der Waals surface area contributed by atoms with E-state index in [1.165, 1.54) is 6.92 Å². The van der Waals surface area contributed by atoms with E-state index in [0.29, 0.717) is 11.4 Å². The van der Waals surface area contributed by atoms with Crippen LogP contribution in [0.25, 0.3) is 0 Å². The third-order valence-corrected chi connectivity index (χ3v) is 4.88. The Morgan fingerprint density at radius 3 is 2.26 bits per heavy atom. The molecule has 3 rings (SSSR count). The van der Waals surface area contributed by atoms with Crippen LogP contribution in [0.2, 0.25) is 0 Å². The lowest BCUT2D eigenvalue weighted by Crippen LogP contribution is -2.60. The highest BCUT2D eigenvalue weighted by molar-refractivity contribution is 5.88. The first-order chi connectivity index (χ1) is 14.8. The summed E-state index contributed by atoms with van der Waals surface area (Å²) in [6.07, 6.45) is -6.57. The number of hydrogen-bond donors (Lipinski definition) is 6. The van der Waals surface area contributed by atoms with Crippen LogP contribution in [0.4, 0.5) is 5.69 Å². The highest BCUT2D eigenvalue weighted by Crippen LogP contribution is 2.27. The van der Waals surface area contributed by atoms with Crippen molar-refractivity contribution in [2.24, 2.45) is 0 Å². The van der Waals surface area contributed by atoms with E-state index in [4.69, 9.17) is 18.9 Å². The largest absolute Gasteiger partial charge is 0.461 e. The zero-order chi connectivity index (χ0) is 22.5. The van der Waals surface area contributed by atoms with Gasteiger partial charge in [0.2, 0.25) is 12.2 Å². The number of anilines is 1. The van der Waals surface area contributed by atoms with Gasteiger partial charge >= 0.3 is 0 Å². The predicted molar refractivity (Wildman–Crippen MR) is 105 cm³/mol. The Balaban J connectivity index is 1.62. The maximum Gasteiger partial charge on any atom is 0.221 e. The Hall–Kier alpha value is -2.09. The normalized spacial score (nSPS) is 35.5. The smallest absolute Gasteiger partial charge is 0.221 e. The number of benzene rings is 1. The number of hydrogen-bond acceptors (Lipinski definition) is 10. The van der Waals surface area contributed by atoms with E-state index in [1.54, 1.807) is 36.4 Å². The zero-order valence-electron chi connectivity index (χ0n) is 16.8. The molecule has 0 radical (unpaired) electrons. The number of ether oxygens (including phenoxy) is 4. The summed E-state index contributed by atoms with van der Waals surface area (Å²) in [6, 6.07) is 6.62. The summed E-state index contributed by atoms with van der Waals surface area (Å²) >= 11 is 0. The fourth-order valence-corrected chi connectivity index (χ4v) is 3.26. The molecular weight excluding hydrogens is 414 g/mol. The van der Waals surface area contributed by atoms with Crippen LogP contribution < -0.4 is 10.1 Å². The van der Waals surface area contributed by atoms with Crippen molar-refractivity contribution in [3.05, 3.63) is 36.4 Å². The minimum Gasteiger partial charge on any atom is -0.461 e. The van der Waals surface area contributed by atoms with Gasteiger partial charge in [-0.1, -0.05) is 6.08 Å². The second-order valence-corrected chi connectivity index (χ2v) is 7.23. The molecule has 6 N–H and O–H groups in total. The molecule has 11 heteroatoms. The van der Waals surface area contributed by atoms with Crippen molar-refractivity contribution in [1.82, 2.24) is 0 Å². The molecule has 4 unspecified atom stereocenters. The first-order valence-corrected chi connectivity index (χ1v) is 9.77. The molecule has 2 heterocycles. The van der Waals surface area contributed by atoms with E-state index in [2.05, 4.69) is 5.32 Å². The zero-order valence-corrected chi connectivity index (χ0v) is 16.8. The lowest BCUT2D eigenvalue weighted by atomic mass is 9.99. The first kappa shape index (κ1) is 23.6. The molecule has 2 aliphatic rings. The van der Waals surface area contributed by atoms with Crippen molar-refractivity contribution < 1.29 is 49.3 Å². The third kappa shape index (κ3) is 5.79. The second-order valence-electron chi connectivity index (χ2n) is 7.23. The van der Waals surface area contributed by atoms with Crippen LogP contribution in [0, 0.1) is 0 Å². The number of amides is 1. The van der Waals surface area contributed by atoms with Crippen LogP contribution in [0.3, 0.4) is 0 Å². The fourth-order valence-electron chi connectivity index (χ4n) is 3.26. The SMILES string of the molecule is CC(=O)Nc1ccc(O[C@@H]2C=C[C@H](OC3OC(CO)[C@@H](O)C(O)[C@H]3O)C(CO)O2)cc1. The van der Waals surface area contributed by atoms with E-state index in [1.807, 2.05) is 0 Å². The monoisotopic (exact) mass is 441 g/mol. The van der Waals surface area contributed by atoms with Gasteiger partial charge in [0.15, 0.2) is 6.29 Å². The third-order valence-electron chi connectivity index (χ3n) is 4.88. The van der Waals surface area contributed by atoms with Crippen LogP contribution in [0.1, 0.15) is 6.92 Å². The van der Waals surface area contributed by atoms with E-state index < -0.39 is 62.4 Å². The Morgan fingerprint density at radius 1 is 0.968 bits per heavy atom. The van der Waals surface area contributed by atoms with Gasteiger partial charge in [0.25, 0.3) is 0 Å². The van der Waals surface area contributed by atoms with Crippen LogP contribution in [-0.4, -0.2) is 93.9 Å². The summed E-state index contributed by atoms with van der Waals surface area (Å²) in [6.45, 7) is 0.387. The van der Waals surface area contributed by atoms with Crippen molar-refractivity contribution in [2.45, 2.75) is 56.1 Å². The van der Waals surface area contributed by atoms with Crippen molar-refractivity contribution in [2.75, 3.05) is 18.5 Å². The Kier molecular flexibility index (Phi) is 7.97. The molecule has 1 aromatic rings. The average Bonchev–Trinajstić information content (AvgIpc) is 2.76. The molecule has 1 fully saturated rings. The Morgan fingerprint density at radius 2 is 1.65 bits per heavy atom. The van der Waals surface area contributed by atoms with Gasteiger partial charge < -0.3 is 49.8 Å². The van der Waals surface area contributed by atoms with Gasteiger partial charge in [0.05, 0.1) is 13.2 Å². The number of aliphatic hydroxyl groups is 5. The average molecular weight is 441 g/mol. The summed E-state index contributed by atoms with van der Waals surface area (Å²) in [5.41, 5.74) is 0.612. The Bertz CT molecular complexity index is 755. The van der Waals surface area contributed by atoms with Gasteiger partial charge in [0, 0.05) is 12.6 Å². The summed E-state index contributed by atoms with van der Waals surface area (Å²) < 4.78 is 22.3. The van der Waals surface area contributed by atoms with Gasteiger partial charge in [-0.25, -0.2) is 0 Å². The first-order valence-electron chi connectivity index (χ1n) is 9.77. The van der Waals surface area contributed by atoms with Gasteiger partial charge in [0.1, 0.15) is 42.4 Å². The molecule has 1 saturated heterocycles. The van der Waals surface area contributed by atoms with E-state index in [-0.39, 0.29) is 5.91 Å². The van der Waals surface area contributed by atoms with Crippen molar-refractivity contribution in [3.63, 3.8) is 0 Å². The topological polar surface area (TPSA) is 167 Å². The van der Waals surface area contributed by atoms with Crippen LogP contribution in [0.5, 0.6) is 5.75 Å². The second kappa shape index (κ2) is 10.5. The molecule has 1 aromatic carbocycles. The lowest BCUT2D eigenvalue weighted by molar-refractivity contribution is -0.317. The van der Waals surface area contributed by atoms with Gasteiger partial charge in [-0.05, 0) is 30.3 Å². The minimum absolute atomic E-state index is 0.191. The van der Waals surface area contributed by atoms with Gasteiger partial charge in [-0.15, -0.1) is 0 Å². The summed E-state index contributed by atoms with van der Waals surface area (Å²) in [7, 11) is 0. The van der Waals surface area contributed by atoms with Crippen molar-refractivity contribution >= 4 is 11.6 Å². The molecule has 11 nitrogen and oxygen atoms in total.